The molecule has 3 aliphatic rings. The first-order valence-electron chi connectivity index (χ1n) is 16.0. The number of benzene rings is 2. The molecule has 1 aliphatic heterocycles. The van der Waals surface area contributed by atoms with Crippen molar-refractivity contribution >= 4 is 29.2 Å². The van der Waals surface area contributed by atoms with Gasteiger partial charge in [0, 0.05) is 35.4 Å². The van der Waals surface area contributed by atoms with Gasteiger partial charge in [-0.15, -0.1) is 0 Å². The summed E-state index contributed by atoms with van der Waals surface area (Å²) >= 11 is 0. The molecule has 0 radical (unpaired) electrons. The average molecular weight is 708 g/mol. The lowest BCUT2D eigenvalue weighted by Crippen LogP contribution is -2.57. The average Bonchev–Trinajstić information content (AvgIpc) is 3.07. The monoisotopic (exact) mass is 707 g/mol. The van der Waals surface area contributed by atoms with Crippen LogP contribution in [0.4, 0.5) is 13.2 Å². The molecule has 1 saturated heterocycles. The van der Waals surface area contributed by atoms with Gasteiger partial charge in [0.2, 0.25) is 5.78 Å². The number of unbranched alkanes of at least 4 members (excludes halogenated alkanes) is 1. The highest BCUT2D eigenvalue weighted by molar-refractivity contribution is 6.31. The number of fused-ring (bicyclic) bond motifs is 3. The number of carbonyl (C=O) groups excluding carboxylic acids is 5. The predicted octanol–water partition coefficient (Wildman–Crippen LogP) is 3.35. The first kappa shape index (κ1) is 36.7. The number of halogens is 3. The third-order valence-electron chi connectivity index (χ3n) is 9.19. The molecule has 2 aromatic carbocycles. The summed E-state index contributed by atoms with van der Waals surface area (Å²) < 4.78 is 61.4. The minimum Gasteiger partial charge on any atom is -0.507 e. The molecule has 6 atom stereocenters. The normalized spacial score (nSPS) is 24.5. The van der Waals surface area contributed by atoms with Gasteiger partial charge in [-0.1, -0.05) is 25.5 Å². The Bertz CT molecular complexity index is 1720. The number of esters is 1. The molecule has 1 amide bonds. The Morgan fingerprint density at radius 2 is 1.74 bits per heavy atom. The molecule has 1 fully saturated rings. The van der Waals surface area contributed by atoms with Crippen molar-refractivity contribution in [3.8, 4) is 17.2 Å². The Balaban J connectivity index is 1.55. The first-order chi connectivity index (χ1) is 23.6. The zero-order valence-electron chi connectivity index (χ0n) is 27.3. The van der Waals surface area contributed by atoms with Crippen LogP contribution in [-0.4, -0.2) is 89.0 Å². The van der Waals surface area contributed by atoms with Crippen LogP contribution in [0.3, 0.4) is 0 Å². The lowest BCUT2D eigenvalue weighted by molar-refractivity contribution is -0.247. The minimum atomic E-state index is -5.25. The minimum absolute atomic E-state index is 0.0325. The number of aliphatic hydroxyl groups excluding tert-OH is 1. The molecule has 2 aliphatic carbocycles. The van der Waals surface area contributed by atoms with E-state index in [-0.39, 0.29) is 47.3 Å². The van der Waals surface area contributed by atoms with E-state index in [4.69, 9.17) is 18.9 Å². The first-order valence-corrected chi connectivity index (χ1v) is 16.0. The number of Topliss-reactive ketones (excluding diaryl/α,β-unsaturated/α-hetero) is 1. The summed E-state index contributed by atoms with van der Waals surface area (Å²) in [6.45, 7) is 2.57. The third kappa shape index (κ3) is 6.91. The number of hydrogen-bond acceptors (Lipinski definition) is 12. The molecule has 0 spiro atoms. The number of aliphatic hydroxyl groups is 1. The van der Waals surface area contributed by atoms with Crippen molar-refractivity contribution in [2.24, 2.45) is 5.92 Å². The molecule has 5 rings (SSSR count). The quantitative estimate of drug-likeness (QED) is 0.178. The number of hydrogen-bond donors (Lipinski definition) is 4. The second-order valence-corrected chi connectivity index (χ2v) is 12.4. The van der Waals surface area contributed by atoms with E-state index in [2.05, 4.69) is 0 Å². The van der Waals surface area contributed by atoms with Crippen LogP contribution in [0, 0.1) is 5.92 Å². The van der Waals surface area contributed by atoms with Gasteiger partial charge in [0.15, 0.2) is 17.9 Å². The maximum absolute atomic E-state index is 13.9. The standard InChI is InChI=1S/C34H36F3NO12/c1-4-5-9-22(40)48-13-19(39)15-10-17-25(21(11-15)50-23-12-18(28(41)14(2)49-23)38-33(46)34(35,36)37)32(45)27-26(30(17)43)29(42)16-7-6-8-20(47-3)24(16)31(27)44/h6-8,14-15,18,21,23,28,41,43,45H,4-5,9-13H2,1-3H3,(H,38,46)/t14?,15-,18?,21+,23?,28?/m1/s1. The van der Waals surface area contributed by atoms with Gasteiger partial charge in [0.05, 0.1) is 42.0 Å². The van der Waals surface area contributed by atoms with Gasteiger partial charge in [0.25, 0.3) is 0 Å². The number of alkyl halides is 3. The molecule has 1 heterocycles. The summed E-state index contributed by atoms with van der Waals surface area (Å²) in [4.78, 5) is 64.8. The number of ether oxygens (including phenoxy) is 4. The summed E-state index contributed by atoms with van der Waals surface area (Å²) in [6, 6.07) is 2.77. The van der Waals surface area contributed by atoms with Gasteiger partial charge >= 0.3 is 18.1 Å². The zero-order valence-corrected chi connectivity index (χ0v) is 27.3. The fourth-order valence-electron chi connectivity index (χ4n) is 6.63. The van der Waals surface area contributed by atoms with Crippen molar-refractivity contribution in [2.75, 3.05) is 13.7 Å². The van der Waals surface area contributed by atoms with E-state index in [1.54, 1.807) is 5.32 Å². The van der Waals surface area contributed by atoms with Gasteiger partial charge in [-0.3, -0.25) is 24.0 Å². The van der Waals surface area contributed by atoms with Crippen LogP contribution >= 0.6 is 0 Å². The number of nitrogens with one attached hydrogen (secondary N) is 1. The van der Waals surface area contributed by atoms with Crippen LogP contribution in [0.15, 0.2) is 18.2 Å². The molecule has 13 nitrogen and oxygen atoms in total. The molecule has 2 aromatic rings. The highest BCUT2D eigenvalue weighted by Gasteiger charge is 2.47. The zero-order chi connectivity index (χ0) is 36.7. The van der Waals surface area contributed by atoms with E-state index >= 15 is 0 Å². The summed E-state index contributed by atoms with van der Waals surface area (Å²) in [6.07, 6.45) is -10.5. The van der Waals surface area contributed by atoms with E-state index < -0.39 is 108 Å². The molecule has 50 heavy (non-hydrogen) atoms. The van der Waals surface area contributed by atoms with Crippen LogP contribution in [0.1, 0.15) is 95.0 Å². The highest BCUT2D eigenvalue weighted by atomic mass is 19.4. The van der Waals surface area contributed by atoms with Crippen LogP contribution < -0.4 is 10.1 Å². The second-order valence-electron chi connectivity index (χ2n) is 12.4. The van der Waals surface area contributed by atoms with Crippen molar-refractivity contribution in [1.29, 1.82) is 0 Å². The fourth-order valence-corrected chi connectivity index (χ4v) is 6.63. The molecule has 4 N–H and O–H groups in total. The van der Waals surface area contributed by atoms with Crippen molar-refractivity contribution in [3.63, 3.8) is 0 Å². The van der Waals surface area contributed by atoms with Crippen molar-refractivity contribution in [3.05, 3.63) is 51.6 Å². The Labute approximate surface area is 283 Å². The van der Waals surface area contributed by atoms with Gasteiger partial charge in [0.1, 0.15) is 30.0 Å². The van der Waals surface area contributed by atoms with Crippen molar-refractivity contribution in [2.45, 2.75) is 89.2 Å². The van der Waals surface area contributed by atoms with Gasteiger partial charge < -0.3 is 39.6 Å². The largest absolute Gasteiger partial charge is 0.507 e. The number of amides is 1. The van der Waals surface area contributed by atoms with Gasteiger partial charge in [-0.05, 0) is 32.3 Å². The Morgan fingerprint density at radius 1 is 1.04 bits per heavy atom. The van der Waals surface area contributed by atoms with Gasteiger partial charge in [-0.2, -0.15) is 13.2 Å². The van der Waals surface area contributed by atoms with Crippen LogP contribution in [0.5, 0.6) is 17.2 Å². The molecular weight excluding hydrogens is 671 g/mol. The maximum atomic E-state index is 13.9. The number of methoxy groups -OCH3 is 1. The Morgan fingerprint density at radius 3 is 2.40 bits per heavy atom. The van der Waals surface area contributed by atoms with Crippen molar-refractivity contribution in [1.82, 2.24) is 5.32 Å². The van der Waals surface area contributed by atoms with E-state index in [0.29, 0.717) is 12.8 Å². The number of carbonyl (C=O) groups is 5. The van der Waals surface area contributed by atoms with Crippen molar-refractivity contribution < 1.29 is 71.4 Å². The van der Waals surface area contributed by atoms with E-state index in [9.17, 15) is 52.5 Å². The number of phenols is 2. The van der Waals surface area contributed by atoms with Crippen LogP contribution in [0.25, 0.3) is 0 Å². The maximum Gasteiger partial charge on any atom is 0.471 e. The molecule has 270 valence electrons. The summed E-state index contributed by atoms with van der Waals surface area (Å²) in [5.74, 6) is -7.59. The lowest BCUT2D eigenvalue weighted by Gasteiger charge is -2.41. The summed E-state index contributed by atoms with van der Waals surface area (Å²) in [5, 5.41) is 35.5. The van der Waals surface area contributed by atoms with E-state index in [0.717, 1.165) is 0 Å². The second kappa shape index (κ2) is 14.4. The molecular formula is C34H36F3NO12. The molecule has 0 saturated carbocycles. The summed E-state index contributed by atoms with van der Waals surface area (Å²) in [7, 11) is 1.28. The number of phenolic OH excluding ortho intramolecular Hbond substituents is 2. The fraction of sp³-hybridized carbons (Fsp3) is 0.500. The SMILES string of the molecule is CCCCC(=O)OCC(=O)[C@@H]1Cc2c(O)c3c(c(O)c2[C@@H](OC2CC(NC(=O)C(F)(F)F)C(O)C(C)O2)C1)C(=O)c1c(OC)cccc1C3=O. The smallest absolute Gasteiger partial charge is 0.471 e. The molecule has 0 aromatic heterocycles. The molecule has 4 unspecified atom stereocenters. The van der Waals surface area contributed by atoms with Crippen LogP contribution in [0.2, 0.25) is 0 Å². The third-order valence-corrected chi connectivity index (χ3v) is 9.19. The van der Waals surface area contributed by atoms with Crippen LogP contribution in [-0.2, 0) is 35.0 Å². The summed E-state index contributed by atoms with van der Waals surface area (Å²) in [5.41, 5.74) is -1.60. The number of ketones is 3. The number of aromatic hydroxyl groups is 2. The molecule has 0 bridgehead atoms. The number of rotatable bonds is 10. The van der Waals surface area contributed by atoms with E-state index in [1.807, 2.05) is 6.92 Å². The lowest BCUT2D eigenvalue weighted by atomic mass is 9.73. The topological polar surface area (TPSA) is 195 Å². The Kier molecular flexibility index (Phi) is 10.6. The Hall–Kier alpha value is -4.54. The molecule has 16 heteroatoms. The van der Waals surface area contributed by atoms with E-state index in [1.165, 1.54) is 32.2 Å². The van der Waals surface area contributed by atoms with Gasteiger partial charge in [-0.25, -0.2) is 0 Å². The predicted molar refractivity (Wildman–Crippen MR) is 164 cm³/mol. The highest BCUT2D eigenvalue weighted by Crippen LogP contribution is 2.51.